The Morgan fingerprint density at radius 2 is 1.67 bits per heavy atom. The minimum Gasteiger partial charge on any atom is -0.497 e. The van der Waals surface area contributed by atoms with E-state index in [0.29, 0.717) is 19.4 Å². The molecule has 21 heavy (non-hydrogen) atoms. The van der Waals surface area contributed by atoms with Gasteiger partial charge in [0.2, 0.25) is 11.8 Å². The van der Waals surface area contributed by atoms with Crippen molar-refractivity contribution in [3.63, 3.8) is 0 Å². The maximum absolute atomic E-state index is 11.6. The summed E-state index contributed by atoms with van der Waals surface area (Å²) >= 11 is 0. The Morgan fingerprint density at radius 3 is 2.24 bits per heavy atom. The van der Waals surface area contributed by atoms with Gasteiger partial charge in [0.05, 0.1) is 7.11 Å². The topological polar surface area (TPSA) is 87.7 Å². The van der Waals surface area contributed by atoms with E-state index < -0.39 is 0 Å². The van der Waals surface area contributed by atoms with Crippen LogP contribution in [0.5, 0.6) is 5.75 Å². The molecule has 2 amide bonds. The molecule has 1 rings (SSSR count). The SMILES string of the molecule is COc1ccc(CNC(=O)CCCCCC(=O)NO)cc1. The summed E-state index contributed by atoms with van der Waals surface area (Å²) in [6.07, 6.45) is 2.90. The molecular weight excluding hydrogens is 272 g/mol. The average Bonchev–Trinajstić information content (AvgIpc) is 2.52. The fraction of sp³-hybridized carbons (Fsp3) is 0.467. The van der Waals surface area contributed by atoms with Crippen LogP contribution in [0.4, 0.5) is 0 Å². The van der Waals surface area contributed by atoms with Crippen molar-refractivity contribution in [3.8, 4) is 5.75 Å². The van der Waals surface area contributed by atoms with Crippen molar-refractivity contribution >= 4 is 11.8 Å². The van der Waals surface area contributed by atoms with Gasteiger partial charge in [-0.1, -0.05) is 18.6 Å². The number of rotatable bonds is 9. The lowest BCUT2D eigenvalue weighted by Gasteiger charge is -2.06. The molecule has 0 unspecified atom stereocenters. The first-order valence-electron chi connectivity index (χ1n) is 6.98. The molecule has 0 atom stereocenters. The zero-order chi connectivity index (χ0) is 15.5. The summed E-state index contributed by atoms with van der Waals surface area (Å²) in [6.45, 7) is 0.496. The Morgan fingerprint density at radius 1 is 1.05 bits per heavy atom. The van der Waals surface area contributed by atoms with Crippen LogP contribution in [0.2, 0.25) is 0 Å². The van der Waals surface area contributed by atoms with E-state index in [1.54, 1.807) is 12.6 Å². The lowest BCUT2D eigenvalue weighted by Crippen LogP contribution is -2.22. The molecule has 6 heteroatoms. The van der Waals surface area contributed by atoms with Crippen LogP contribution in [-0.4, -0.2) is 24.1 Å². The maximum Gasteiger partial charge on any atom is 0.243 e. The number of carbonyl (C=O) groups is 2. The van der Waals surface area contributed by atoms with Crippen LogP contribution in [0.1, 0.15) is 37.7 Å². The van der Waals surface area contributed by atoms with Crippen LogP contribution >= 0.6 is 0 Å². The van der Waals surface area contributed by atoms with Crippen LogP contribution in [0, 0.1) is 0 Å². The van der Waals surface area contributed by atoms with Crippen LogP contribution in [-0.2, 0) is 16.1 Å². The van der Waals surface area contributed by atoms with E-state index in [2.05, 4.69) is 5.32 Å². The highest BCUT2D eigenvalue weighted by Crippen LogP contribution is 2.11. The predicted octanol–water partition coefficient (Wildman–Crippen LogP) is 1.77. The monoisotopic (exact) mass is 294 g/mol. The van der Waals surface area contributed by atoms with E-state index in [4.69, 9.17) is 9.94 Å². The van der Waals surface area contributed by atoms with E-state index in [0.717, 1.165) is 24.2 Å². The number of nitrogens with one attached hydrogen (secondary N) is 2. The van der Waals surface area contributed by atoms with E-state index in [1.807, 2.05) is 24.3 Å². The molecular formula is C15H22N2O4. The molecule has 0 radical (unpaired) electrons. The normalized spacial score (nSPS) is 10.0. The third-order valence-electron chi connectivity index (χ3n) is 3.08. The van der Waals surface area contributed by atoms with Gasteiger partial charge in [0.25, 0.3) is 0 Å². The van der Waals surface area contributed by atoms with Gasteiger partial charge in [-0.2, -0.15) is 0 Å². The molecule has 0 aliphatic heterocycles. The summed E-state index contributed by atoms with van der Waals surface area (Å²) < 4.78 is 5.06. The van der Waals surface area contributed by atoms with Gasteiger partial charge in [0.1, 0.15) is 5.75 Å². The van der Waals surface area contributed by atoms with Gasteiger partial charge in [-0.15, -0.1) is 0 Å². The first-order chi connectivity index (χ1) is 10.2. The zero-order valence-corrected chi connectivity index (χ0v) is 12.2. The second kappa shape index (κ2) is 9.77. The number of amides is 2. The van der Waals surface area contributed by atoms with Crippen LogP contribution in [0.25, 0.3) is 0 Å². The van der Waals surface area contributed by atoms with Gasteiger partial charge in [0.15, 0.2) is 0 Å². The van der Waals surface area contributed by atoms with Crippen molar-refractivity contribution in [2.45, 2.75) is 38.6 Å². The minimum atomic E-state index is -0.390. The lowest BCUT2D eigenvalue weighted by atomic mass is 10.1. The molecule has 0 bridgehead atoms. The highest BCUT2D eigenvalue weighted by molar-refractivity contribution is 5.76. The number of unbranched alkanes of at least 4 members (excludes halogenated alkanes) is 2. The summed E-state index contributed by atoms with van der Waals surface area (Å²) in [6, 6.07) is 7.53. The average molecular weight is 294 g/mol. The molecule has 1 aromatic rings. The number of methoxy groups -OCH3 is 1. The Bertz CT molecular complexity index is 445. The molecule has 0 fully saturated rings. The number of hydroxylamine groups is 1. The highest BCUT2D eigenvalue weighted by atomic mass is 16.5. The largest absolute Gasteiger partial charge is 0.497 e. The smallest absolute Gasteiger partial charge is 0.243 e. The molecule has 0 aliphatic carbocycles. The lowest BCUT2D eigenvalue weighted by molar-refractivity contribution is -0.129. The molecule has 1 aromatic carbocycles. The van der Waals surface area contributed by atoms with Gasteiger partial charge in [-0.05, 0) is 30.5 Å². The molecule has 0 aliphatic rings. The number of hydrogen-bond donors (Lipinski definition) is 3. The van der Waals surface area contributed by atoms with Crippen LogP contribution in [0.3, 0.4) is 0 Å². The highest BCUT2D eigenvalue weighted by Gasteiger charge is 2.03. The van der Waals surface area contributed by atoms with Crippen molar-refractivity contribution in [1.29, 1.82) is 0 Å². The third-order valence-corrected chi connectivity index (χ3v) is 3.08. The summed E-state index contributed by atoms with van der Waals surface area (Å²) in [5.74, 6) is 0.397. The molecule has 6 nitrogen and oxygen atoms in total. The molecule has 116 valence electrons. The summed E-state index contributed by atoms with van der Waals surface area (Å²) in [7, 11) is 1.61. The summed E-state index contributed by atoms with van der Waals surface area (Å²) in [5.41, 5.74) is 2.60. The Kier molecular flexibility index (Phi) is 7.89. The van der Waals surface area contributed by atoms with Gasteiger partial charge in [0, 0.05) is 19.4 Å². The molecule has 0 aromatic heterocycles. The predicted molar refractivity (Wildman–Crippen MR) is 77.9 cm³/mol. The molecule has 0 spiro atoms. The zero-order valence-electron chi connectivity index (χ0n) is 12.2. The minimum absolute atomic E-state index is 0.00238. The number of hydrogen-bond acceptors (Lipinski definition) is 4. The van der Waals surface area contributed by atoms with Crippen molar-refractivity contribution in [2.75, 3.05) is 7.11 Å². The van der Waals surface area contributed by atoms with E-state index >= 15 is 0 Å². The fourth-order valence-electron chi connectivity index (χ4n) is 1.84. The molecule has 0 saturated heterocycles. The quantitative estimate of drug-likeness (QED) is 0.368. The molecule has 3 N–H and O–H groups in total. The molecule has 0 saturated carbocycles. The fourth-order valence-corrected chi connectivity index (χ4v) is 1.84. The van der Waals surface area contributed by atoms with Gasteiger partial charge in [-0.3, -0.25) is 14.8 Å². The van der Waals surface area contributed by atoms with E-state index in [1.165, 1.54) is 0 Å². The van der Waals surface area contributed by atoms with Crippen LogP contribution < -0.4 is 15.5 Å². The molecule has 0 heterocycles. The standard InChI is InChI=1S/C15H22N2O4/c1-21-13-9-7-12(8-10-13)11-16-14(18)5-3-2-4-6-15(19)17-20/h7-10,20H,2-6,11H2,1H3,(H,16,18)(H,17,19). The maximum atomic E-state index is 11.6. The van der Waals surface area contributed by atoms with Crippen molar-refractivity contribution in [1.82, 2.24) is 10.8 Å². The first kappa shape index (κ1) is 17.0. The summed E-state index contributed by atoms with van der Waals surface area (Å²) in [5, 5.41) is 11.2. The van der Waals surface area contributed by atoms with Crippen molar-refractivity contribution in [3.05, 3.63) is 29.8 Å². The van der Waals surface area contributed by atoms with Gasteiger partial charge in [-0.25, -0.2) is 5.48 Å². The van der Waals surface area contributed by atoms with Crippen LogP contribution in [0.15, 0.2) is 24.3 Å². The Labute approximate surface area is 124 Å². The number of carbonyl (C=O) groups excluding carboxylic acids is 2. The van der Waals surface area contributed by atoms with Gasteiger partial charge < -0.3 is 10.1 Å². The number of ether oxygens (including phenoxy) is 1. The van der Waals surface area contributed by atoms with Crippen molar-refractivity contribution < 1.29 is 19.5 Å². The number of benzene rings is 1. The van der Waals surface area contributed by atoms with Crippen molar-refractivity contribution in [2.24, 2.45) is 0 Å². The summed E-state index contributed by atoms with van der Waals surface area (Å²) in [4.78, 5) is 22.4. The van der Waals surface area contributed by atoms with Gasteiger partial charge >= 0.3 is 0 Å². The third kappa shape index (κ3) is 7.31. The van der Waals surface area contributed by atoms with E-state index in [-0.39, 0.29) is 18.2 Å². The Hall–Kier alpha value is -2.08. The van der Waals surface area contributed by atoms with E-state index in [9.17, 15) is 9.59 Å². The first-order valence-corrected chi connectivity index (χ1v) is 6.98. The second-order valence-corrected chi connectivity index (χ2v) is 4.72. The second-order valence-electron chi connectivity index (χ2n) is 4.72. The Balaban J connectivity index is 2.11.